The zero-order chi connectivity index (χ0) is 16.3. The molecule has 0 bridgehead atoms. The smallest absolute Gasteiger partial charge is 0.241 e. The van der Waals surface area contributed by atoms with Gasteiger partial charge in [0.05, 0.1) is 10.5 Å². The molecule has 1 amide bonds. The van der Waals surface area contributed by atoms with E-state index in [-0.39, 0.29) is 34.9 Å². The van der Waals surface area contributed by atoms with Gasteiger partial charge in [-0.1, -0.05) is 12.1 Å². The van der Waals surface area contributed by atoms with Crippen molar-refractivity contribution in [2.75, 3.05) is 13.1 Å². The number of nitrogens with one attached hydrogen (secondary N) is 1. The molecule has 1 unspecified atom stereocenters. The van der Waals surface area contributed by atoms with Crippen molar-refractivity contribution in [2.45, 2.75) is 31.2 Å². The van der Waals surface area contributed by atoms with E-state index in [1.807, 2.05) is 19.9 Å². The molecule has 1 aromatic carbocycles. The number of benzene rings is 1. The summed E-state index contributed by atoms with van der Waals surface area (Å²) in [5.74, 6) is 0.00976. The summed E-state index contributed by atoms with van der Waals surface area (Å²) < 4.78 is 27.1. The molecule has 118 valence electrons. The van der Waals surface area contributed by atoms with E-state index in [4.69, 9.17) is 5.26 Å². The molecule has 0 spiro atoms. The molecular weight excluding hydrogens is 302 g/mol. The Balaban J connectivity index is 2.06. The van der Waals surface area contributed by atoms with Crippen LogP contribution in [0.5, 0.6) is 0 Å². The van der Waals surface area contributed by atoms with E-state index in [1.165, 1.54) is 12.1 Å². The maximum atomic E-state index is 12.3. The van der Waals surface area contributed by atoms with Gasteiger partial charge in [-0.25, -0.2) is 13.1 Å². The van der Waals surface area contributed by atoms with Crippen molar-refractivity contribution in [1.29, 1.82) is 5.26 Å². The number of nitrogens with zero attached hydrogens (tertiary/aromatic N) is 2. The van der Waals surface area contributed by atoms with E-state index in [9.17, 15) is 13.2 Å². The lowest BCUT2D eigenvalue weighted by Crippen LogP contribution is -2.34. The standard InChI is InChI=1S/C15H19N3O3S/c1-11(2)18-10-12(7-15(18)19)9-17-22(20,21)14-6-4-3-5-13(14)8-16/h3-6,11-12,17H,7,9-10H2,1-2H3. The molecule has 1 N–H and O–H groups in total. The zero-order valence-electron chi connectivity index (χ0n) is 12.6. The highest BCUT2D eigenvalue weighted by Crippen LogP contribution is 2.20. The molecule has 1 aromatic rings. The minimum Gasteiger partial charge on any atom is -0.340 e. The number of hydrogen-bond acceptors (Lipinski definition) is 4. The van der Waals surface area contributed by atoms with Crippen molar-refractivity contribution in [3.05, 3.63) is 29.8 Å². The second kappa shape index (κ2) is 6.46. The van der Waals surface area contributed by atoms with Crippen LogP contribution in [0.25, 0.3) is 0 Å². The lowest BCUT2D eigenvalue weighted by atomic mass is 10.1. The number of sulfonamides is 1. The van der Waals surface area contributed by atoms with Crippen molar-refractivity contribution < 1.29 is 13.2 Å². The fourth-order valence-electron chi connectivity index (χ4n) is 2.54. The first-order valence-corrected chi connectivity index (χ1v) is 8.61. The molecule has 1 saturated heterocycles. The summed E-state index contributed by atoms with van der Waals surface area (Å²) in [5.41, 5.74) is 0.112. The Morgan fingerprint density at radius 1 is 1.41 bits per heavy atom. The van der Waals surface area contributed by atoms with Crippen LogP contribution in [0, 0.1) is 17.2 Å². The molecule has 1 aliphatic rings. The van der Waals surface area contributed by atoms with Crippen molar-refractivity contribution >= 4 is 15.9 Å². The van der Waals surface area contributed by atoms with Gasteiger partial charge in [-0.15, -0.1) is 0 Å². The fourth-order valence-corrected chi connectivity index (χ4v) is 3.81. The van der Waals surface area contributed by atoms with Crippen LogP contribution in [0.2, 0.25) is 0 Å². The number of carbonyl (C=O) groups is 1. The summed E-state index contributed by atoms with van der Waals surface area (Å²) in [7, 11) is -3.75. The molecule has 0 radical (unpaired) electrons. The predicted molar refractivity (Wildman–Crippen MR) is 81.3 cm³/mol. The van der Waals surface area contributed by atoms with Crippen molar-refractivity contribution in [2.24, 2.45) is 5.92 Å². The molecule has 1 fully saturated rings. The molecule has 0 saturated carbocycles. The van der Waals surface area contributed by atoms with Crippen LogP contribution >= 0.6 is 0 Å². The van der Waals surface area contributed by atoms with Gasteiger partial charge in [0.1, 0.15) is 6.07 Å². The van der Waals surface area contributed by atoms with Gasteiger partial charge in [0, 0.05) is 25.6 Å². The van der Waals surface area contributed by atoms with Gasteiger partial charge < -0.3 is 4.90 Å². The highest BCUT2D eigenvalue weighted by atomic mass is 32.2. The summed E-state index contributed by atoms with van der Waals surface area (Å²) in [4.78, 5) is 13.6. The van der Waals surface area contributed by atoms with Gasteiger partial charge in [-0.2, -0.15) is 5.26 Å². The predicted octanol–water partition coefficient (Wildman–Crippen LogP) is 1.09. The van der Waals surface area contributed by atoms with Crippen LogP contribution in [0.15, 0.2) is 29.2 Å². The maximum absolute atomic E-state index is 12.3. The highest BCUT2D eigenvalue weighted by Gasteiger charge is 2.32. The van der Waals surface area contributed by atoms with E-state index in [0.717, 1.165) is 0 Å². The monoisotopic (exact) mass is 321 g/mol. The van der Waals surface area contributed by atoms with Gasteiger partial charge in [-0.05, 0) is 31.9 Å². The van der Waals surface area contributed by atoms with Crippen LogP contribution in [0.1, 0.15) is 25.8 Å². The lowest BCUT2D eigenvalue weighted by molar-refractivity contribution is -0.129. The number of rotatable bonds is 5. The average Bonchev–Trinajstić information content (AvgIpc) is 2.86. The second-order valence-corrected chi connectivity index (χ2v) is 7.41. The van der Waals surface area contributed by atoms with E-state index in [0.29, 0.717) is 13.0 Å². The van der Waals surface area contributed by atoms with Crippen LogP contribution in [-0.2, 0) is 14.8 Å². The fraction of sp³-hybridized carbons (Fsp3) is 0.467. The summed E-state index contributed by atoms with van der Waals surface area (Å²) in [5, 5.41) is 9.00. The molecular formula is C15H19N3O3S. The molecule has 1 aliphatic heterocycles. The van der Waals surface area contributed by atoms with E-state index < -0.39 is 10.0 Å². The van der Waals surface area contributed by atoms with Crippen LogP contribution < -0.4 is 4.72 Å². The quantitative estimate of drug-likeness (QED) is 0.879. The van der Waals surface area contributed by atoms with Gasteiger partial charge in [0.25, 0.3) is 0 Å². The molecule has 2 rings (SSSR count). The molecule has 7 heteroatoms. The Hall–Kier alpha value is -1.91. The van der Waals surface area contributed by atoms with Gasteiger partial charge >= 0.3 is 0 Å². The summed E-state index contributed by atoms with van der Waals surface area (Å²) in [6.07, 6.45) is 0.348. The zero-order valence-corrected chi connectivity index (χ0v) is 13.4. The molecule has 1 heterocycles. The van der Waals surface area contributed by atoms with Gasteiger partial charge in [0.2, 0.25) is 15.9 Å². The second-order valence-electron chi connectivity index (χ2n) is 5.67. The molecule has 1 atom stereocenters. The normalized spacial score (nSPS) is 18.7. The Kier molecular flexibility index (Phi) is 4.84. The summed E-state index contributed by atoms with van der Waals surface area (Å²) >= 11 is 0. The van der Waals surface area contributed by atoms with E-state index in [1.54, 1.807) is 17.0 Å². The third kappa shape index (κ3) is 3.46. The van der Waals surface area contributed by atoms with Crippen LogP contribution in [-0.4, -0.2) is 38.4 Å². The number of amides is 1. The first kappa shape index (κ1) is 16.5. The number of likely N-dealkylation sites (tertiary alicyclic amines) is 1. The minimum absolute atomic E-state index is 0.0254. The molecule has 22 heavy (non-hydrogen) atoms. The Labute approximate surface area is 130 Å². The molecule has 0 aromatic heterocycles. The largest absolute Gasteiger partial charge is 0.340 e. The van der Waals surface area contributed by atoms with Crippen LogP contribution in [0.3, 0.4) is 0 Å². The highest BCUT2D eigenvalue weighted by molar-refractivity contribution is 7.89. The first-order chi connectivity index (χ1) is 10.3. The topological polar surface area (TPSA) is 90.3 Å². The lowest BCUT2D eigenvalue weighted by Gasteiger charge is -2.21. The SMILES string of the molecule is CC(C)N1CC(CNS(=O)(=O)c2ccccc2C#N)CC1=O. The Morgan fingerprint density at radius 3 is 2.68 bits per heavy atom. The minimum atomic E-state index is -3.75. The van der Waals surface area contributed by atoms with Crippen molar-refractivity contribution in [3.63, 3.8) is 0 Å². The number of carbonyl (C=O) groups excluding carboxylic acids is 1. The van der Waals surface area contributed by atoms with E-state index >= 15 is 0 Å². The summed E-state index contributed by atoms with van der Waals surface area (Å²) in [6, 6.07) is 8.06. The number of hydrogen-bond donors (Lipinski definition) is 1. The molecule has 0 aliphatic carbocycles. The van der Waals surface area contributed by atoms with Gasteiger partial charge in [0.15, 0.2) is 0 Å². The summed E-state index contributed by atoms with van der Waals surface area (Å²) in [6.45, 7) is 4.62. The Bertz CT molecular complexity index is 707. The van der Waals surface area contributed by atoms with Crippen molar-refractivity contribution in [1.82, 2.24) is 9.62 Å². The van der Waals surface area contributed by atoms with Gasteiger partial charge in [-0.3, -0.25) is 4.79 Å². The Morgan fingerprint density at radius 2 is 2.09 bits per heavy atom. The third-order valence-corrected chi connectivity index (χ3v) is 5.20. The maximum Gasteiger partial charge on any atom is 0.241 e. The van der Waals surface area contributed by atoms with Crippen molar-refractivity contribution in [3.8, 4) is 6.07 Å². The van der Waals surface area contributed by atoms with Crippen LogP contribution in [0.4, 0.5) is 0 Å². The third-order valence-electron chi connectivity index (χ3n) is 3.72. The number of nitriles is 1. The average molecular weight is 321 g/mol. The van der Waals surface area contributed by atoms with E-state index in [2.05, 4.69) is 4.72 Å². The first-order valence-electron chi connectivity index (χ1n) is 7.13. The molecule has 6 nitrogen and oxygen atoms in total.